The van der Waals surface area contributed by atoms with Crippen molar-refractivity contribution in [2.45, 2.75) is 0 Å². The number of hydrogen-bond acceptors (Lipinski definition) is 4. The Bertz CT molecular complexity index is 2180. The van der Waals surface area contributed by atoms with Crippen LogP contribution in [0.2, 0.25) is 0 Å². The van der Waals surface area contributed by atoms with E-state index in [2.05, 4.69) is 101 Å². The molecule has 0 aliphatic rings. The normalized spacial score (nSPS) is 11.1. The van der Waals surface area contributed by atoms with Gasteiger partial charge in [-0.05, 0) is 52.2 Å². The summed E-state index contributed by atoms with van der Waals surface area (Å²) in [4.78, 5) is 14.5. The Balaban J connectivity index is 1.10. The van der Waals surface area contributed by atoms with Crippen LogP contribution in [0.25, 0.3) is 72.9 Å². The number of hydrogen-bond donors (Lipinski definition) is 0. The Morgan fingerprint density at radius 2 is 0.889 bits per heavy atom. The molecule has 0 fully saturated rings. The molecule has 0 saturated heterocycles. The van der Waals surface area contributed by atoms with Crippen LogP contribution in [0.1, 0.15) is 0 Å². The average Bonchev–Trinajstić information content (AvgIpc) is 3.63. The van der Waals surface area contributed by atoms with E-state index in [0.717, 1.165) is 61.2 Å². The molecule has 6 aromatic carbocycles. The van der Waals surface area contributed by atoms with Gasteiger partial charge < -0.3 is 0 Å². The molecule has 0 bridgehead atoms. The highest BCUT2D eigenvalue weighted by Gasteiger charge is 2.12. The predicted molar refractivity (Wildman–Crippen MR) is 182 cm³/mol. The molecule has 2 aromatic heterocycles. The first-order valence-electron chi connectivity index (χ1n) is 14.9. The number of para-hydroxylation sites is 1. The van der Waals surface area contributed by atoms with Gasteiger partial charge in [-0.2, -0.15) is 0 Å². The van der Waals surface area contributed by atoms with Crippen LogP contribution >= 0.6 is 0 Å². The topological polar surface area (TPSA) is 56.5 Å². The van der Waals surface area contributed by atoms with Crippen LogP contribution in [-0.4, -0.2) is 24.7 Å². The molecule has 0 spiro atoms. The van der Waals surface area contributed by atoms with Gasteiger partial charge in [0, 0.05) is 22.3 Å². The highest BCUT2D eigenvalue weighted by Crippen LogP contribution is 2.31. The molecule has 0 N–H and O–H groups in total. The fraction of sp³-hybridized carbons (Fsp3) is 0. The van der Waals surface area contributed by atoms with Crippen LogP contribution in [0.15, 0.2) is 164 Å². The molecule has 8 rings (SSSR count). The lowest BCUT2D eigenvalue weighted by molar-refractivity contribution is 0.882. The molecule has 0 unspecified atom stereocenters. The Hall–Kier alpha value is -6.20. The van der Waals surface area contributed by atoms with Gasteiger partial charge >= 0.3 is 0 Å². The largest absolute Gasteiger partial charge is 0.228 e. The van der Waals surface area contributed by atoms with E-state index in [0.29, 0.717) is 11.6 Å². The highest BCUT2D eigenvalue weighted by atomic mass is 15.3. The second-order valence-electron chi connectivity index (χ2n) is 10.9. The molecule has 8 aromatic rings. The number of aromatic nitrogens is 5. The van der Waals surface area contributed by atoms with Crippen LogP contribution in [0.4, 0.5) is 0 Å². The van der Waals surface area contributed by atoms with Gasteiger partial charge in [0.1, 0.15) is 6.33 Å². The monoisotopic (exact) mass is 577 g/mol. The minimum absolute atomic E-state index is 0.699. The molecule has 0 aliphatic heterocycles. The van der Waals surface area contributed by atoms with Crippen LogP contribution < -0.4 is 0 Å². The molecular formula is C40H27N5. The van der Waals surface area contributed by atoms with E-state index in [4.69, 9.17) is 9.97 Å². The third-order valence-corrected chi connectivity index (χ3v) is 7.95. The van der Waals surface area contributed by atoms with E-state index in [-0.39, 0.29) is 0 Å². The summed E-state index contributed by atoms with van der Waals surface area (Å²) < 4.78 is 1.80. The zero-order valence-electron chi connectivity index (χ0n) is 24.3. The van der Waals surface area contributed by atoms with Crippen molar-refractivity contribution in [1.29, 1.82) is 0 Å². The van der Waals surface area contributed by atoms with Gasteiger partial charge in [0.05, 0.1) is 17.1 Å². The molecule has 0 aliphatic carbocycles. The molecule has 0 radical (unpaired) electrons. The molecule has 2 heterocycles. The molecular weight excluding hydrogens is 550 g/mol. The van der Waals surface area contributed by atoms with Crippen molar-refractivity contribution in [3.8, 4) is 62.1 Å². The number of rotatable bonds is 6. The predicted octanol–water partition coefficient (Wildman–Crippen LogP) is 9.55. The van der Waals surface area contributed by atoms with Crippen molar-refractivity contribution in [2.75, 3.05) is 0 Å². The van der Waals surface area contributed by atoms with E-state index >= 15 is 0 Å². The standard InChI is InChI=1S/C40H27N5/c1-4-10-29(11-5-1)37-26-38(30-12-6-2-7-13-30)43-40(42-37)35-23-22-33-24-32(20-21-34(33)25-35)28-16-18-31(19-17-28)39-41-27-45(44-39)36-14-8-3-9-15-36/h1-27H. The lowest BCUT2D eigenvalue weighted by Gasteiger charge is -2.10. The highest BCUT2D eigenvalue weighted by molar-refractivity contribution is 5.90. The van der Waals surface area contributed by atoms with Crippen molar-refractivity contribution in [2.24, 2.45) is 0 Å². The van der Waals surface area contributed by atoms with E-state index in [1.807, 2.05) is 66.7 Å². The maximum absolute atomic E-state index is 5.00. The molecule has 212 valence electrons. The Kier molecular flexibility index (Phi) is 6.74. The molecule has 45 heavy (non-hydrogen) atoms. The quantitative estimate of drug-likeness (QED) is 0.197. The molecule has 5 heteroatoms. The molecule has 0 atom stereocenters. The smallest absolute Gasteiger partial charge is 0.181 e. The van der Waals surface area contributed by atoms with E-state index in [9.17, 15) is 0 Å². The fourth-order valence-corrected chi connectivity index (χ4v) is 5.57. The van der Waals surface area contributed by atoms with Crippen molar-refractivity contribution in [3.05, 3.63) is 164 Å². The van der Waals surface area contributed by atoms with Crippen molar-refractivity contribution >= 4 is 10.8 Å². The lowest BCUT2D eigenvalue weighted by Crippen LogP contribution is -1.96. The van der Waals surface area contributed by atoms with Gasteiger partial charge in [0.15, 0.2) is 11.6 Å². The fourth-order valence-electron chi connectivity index (χ4n) is 5.57. The number of nitrogens with zero attached hydrogens (tertiary/aromatic N) is 5. The minimum Gasteiger partial charge on any atom is -0.228 e. The average molecular weight is 578 g/mol. The maximum atomic E-state index is 5.00. The number of fused-ring (bicyclic) bond motifs is 1. The minimum atomic E-state index is 0.699. The maximum Gasteiger partial charge on any atom is 0.181 e. The third kappa shape index (κ3) is 5.39. The third-order valence-electron chi connectivity index (χ3n) is 7.95. The summed E-state index contributed by atoms with van der Waals surface area (Å²) in [5.74, 6) is 1.41. The summed E-state index contributed by atoms with van der Waals surface area (Å²) in [6, 6.07) is 54.0. The summed E-state index contributed by atoms with van der Waals surface area (Å²) in [7, 11) is 0. The Labute approximate surface area is 261 Å². The summed E-state index contributed by atoms with van der Waals surface area (Å²) in [5.41, 5.74) is 9.17. The van der Waals surface area contributed by atoms with Crippen LogP contribution in [0, 0.1) is 0 Å². The zero-order valence-corrected chi connectivity index (χ0v) is 24.3. The van der Waals surface area contributed by atoms with Crippen molar-refractivity contribution in [1.82, 2.24) is 24.7 Å². The Morgan fingerprint density at radius 1 is 0.378 bits per heavy atom. The lowest BCUT2D eigenvalue weighted by atomic mass is 9.99. The first-order valence-corrected chi connectivity index (χ1v) is 14.9. The van der Waals surface area contributed by atoms with Crippen LogP contribution in [0.3, 0.4) is 0 Å². The van der Waals surface area contributed by atoms with Gasteiger partial charge in [0.2, 0.25) is 0 Å². The van der Waals surface area contributed by atoms with Gasteiger partial charge in [0.25, 0.3) is 0 Å². The first-order chi connectivity index (χ1) is 22.3. The van der Waals surface area contributed by atoms with Gasteiger partial charge in [-0.25, -0.2) is 19.6 Å². The molecule has 0 amide bonds. The SMILES string of the molecule is c1ccc(-c2cc(-c3ccccc3)nc(-c3ccc4cc(-c5ccc(-c6ncn(-c7ccccc7)n6)cc5)ccc4c3)n2)cc1. The van der Waals surface area contributed by atoms with E-state index in [1.54, 1.807) is 11.0 Å². The van der Waals surface area contributed by atoms with Gasteiger partial charge in [-0.1, -0.05) is 127 Å². The van der Waals surface area contributed by atoms with Gasteiger partial charge in [-0.15, -0.1) is 5.10 Å². The summed E-state index contributed by atoms with van der Waals surface area (Å²) in [5, 5.41) is 6.96. The zero-order chi connectivity index (χ0) is 30.0. The van der Waals surface area contributed by atoms with E-state index in [1.165, 1.54) is 0 Å². The Morgan fingerprint density at radius 3 is 1.51 bits per heavy atom. The summed E-state index contributed by atoms with van der Waals surface area (Å²) in [6.07, 6.45) is 1.75. The van der Waals surface area contributed by atoms with Crippen LogP contribution in [0.5, 0.6) is 0 Å². The van der Waals surface area contributed by atoms with Crippen molar-refractivity contribution < 1.29 is 0 Å². The molecule has 5 nitrogen and oxygen atoms in total. The second kappa shape index (κ2) is 11.5. The van der Waals surface area contributed by atoms with Gasteiger partial charge in [-0.3, -0.25) is 0 Å². The van der Waals surface area contributed by atoms with Crippen molar-refractivity contribution in [3.63, 3.8) is 0 Å². The molecule has 0 saturated carbocycles. The summed E-state index contributed by atoms with van der Waals surface area (Å²) in [6.45, 7) is 0. The first kappa shape index (κ1) is 26.4. The number of benzene rings is 6. The summed E-state index contributed by atoms with van der Waals surface area (Å²) >= 11 is 0. The second-order valence-corrected chi connectivity index (χ2v) is 10.9. The van der Waals surface area contributed by atoms with Crippen LogP contribution in [-0.2, 0) is 0 Å². The van der Waals surface area contributed by atoms with E-state index < -0.39 is 0 Å².